The predicted octanol–water partition coefficient (Wildman–Crippen LogP) is 2.67. The first kappa shape index (κ1) is 21.1. The number of nitrogens with one attached hydrogen (secondary N) is 1. The van der Waals surface area contributed by atoms with Gasteiger partial charge in [-0.15, -0.1) is 10.2 Å². The van der Waals surface area contributed by atoms with Crippen LogP contribution < -0.4 is 15.5 Å². The molecule has 0 atom stereocenters. The molecule has 0 aliphatic heterocycles. The third kappa shape index (κ3) is 6.16. The minimum Gasteiger partial charge on any atom is -0.491 e. The summed E-state index contributed by atoms with van der Waals surface area (Å²) in [6, 6.07) is 11.5. The molecular weight excluding hydrogens is 408 g/mol. The van der Waals surface area contributed by atoms with Gasteiger partial charge in [0.05, 0.1) is 13.3 Å². The van der Waals surface area contributed by atoms with E-state index in [-0.39, 0.29) is 23.6 Å². The number of rotatable bonds is 9. The van der Waals surface area contributed by atoms with Crippen molar-refractivity contribution in [2.45, 2.75) is 30.0 Å². The largest absolute Gasteiger partial charge is 0.491 e. The molecule has 1 aromatic carbocycles. The van der Waals surface area contributed by atoms with Crippen molar-refractivity contribution in [2.75, 3.05) is 13.7 Å². The van der Waals surface area contributed by atoms with Gasteiger partial charge in [-0.05, 0) is 18.9 Å². The summed E-state index contributed by atoms with van der Waals surface area (Å²) in [6.45, 7) is 2.55. The highest BCUT2D eigenvalue weighted by Crippen LogP contribution is 2.25. The molecule has 0 spiro atoms. The minimum atomic E-state index is -0.211. The summed E-state index contributed by atoms with van der Waals surface area (Å²) in [5, 5.41) is 11.9. The van der Waals surface area contributed by atoms with Crippen LogP contribution in [-0.2, 0) is 23.5 Å². The quantitative estimate of drug-likeness (QED) is 0.525. The van der Waals surface area contributed by atoms with Gasteiger partial charge >= 0.3 is 0 Å². The van der Waals surface area contributed by atoms with Crippen LogP contribution >= 0.6 is 23.1 Å². The topological polar surface area (TPSA) is 86.1 Å². The van der Waals surface area contributed by atoms with Crippen LogP contribution in [0.15, 0.2) is 51.7 Å². The van der Waals surface area contributed by atoms with Gasteiger partial charge in [0, 0.05) is 24.1 Å². The Balaban J connectivity index is 1.65. The van der Waals surface area contributed by atoms with E-state index >= 15 is 0 Å². The Morgan fingerprint density at radius 3 is 2.76 bits per heavy atom. The van der Waals surface area contributed by atoms with Crippen molar-refractivity contribution in [3.63, 3.8) is 0 Å². The molecule has 0 aliphatic rings. The molecule has 0 radical (unpaired) electrons. The van der Waals surface area contributed by atoms with Gasteiger partial charge in [0.2, 0.25) is 11.3 Å². The highest BCUT2D eigenvalue weighted by atomic mass is 32.2. The monoisotopic (exact) mass is 430 g/mol. The zero-order valence-corrected chi connectivity index (χ0v) is 17.9. The first-order chi connectivity index (χ1) is 14.0. The van der Waals surface area contributed by atoms with Crippen molar-refractivity contribution in [1.82, 2.24) is 20.1 Å². The third-order valence-corrected chi connectivity index (χ3v) is 6.15. The van der Waals surface area contributed by atoms with Crippen molar-refractivity contribution in [3.8, 4) is 5.75 Å². The van der Waals surface area contributed by atoms with Crippen molar-refractivity contribution >= 4 is 29.0 Å². The summed E-state index contributed by atoms with van der Waals surface area (Å²) < 4.78 is 7.71. The van der Waals surface area contributed by atoms with Crippen LogP contribution in [0.2, 0.25) is 0 Å². The van der Waals surface area contributed by atoms with Crippen LogP contribution in [0.1, 0.15) is 16.3 Å². The average Bonchev–Trinajstić information content (AvgIpc) is 3.14. The lowest BCUT2D eigenvalue weighted by Gasteiger charge is -2.14. The Labute approximate surface area is 177 Å². The summed E-state index contributed by atoms with van der Waals surface area (Å²) in [5.74, 6) is 0.595. The van der Waals surface area contributed by atoms with E-state index in [0.717, 1.165) is 21.5 Å². The van der Waals surface area contributed by atoms with E-state index in [1.54, 1.807) is 10.8 Å². The molecule has 0 bridgehead atoms. The minimum absolute atomic E-state index is 0.108. The van der Waals surface area contributed by atoms with E-state index in [0.29, 0.717) is 12.3 Å². The van der Waals surface area contributed by atoms with Crippen LogP contribution in [0.25, 0.3) is 0 Å². The summed E-state index contributed by atoms with van der Waals surface area (Å²) in [5.41, 5.74) is 1.69. The van der Waals surface area contributed by atoms with E-state index in [4.69, 9.17) is 4.74 Å². The molecule has 7 nitrogen and oxygen atoms in total. The van der Waals surface area contributed by atoms with Crippen molar-refractivity contribution < 1.29 is 9.53 Å². The molecule has 0 unspecified atom stereocenters. The van der Waals surface area contributed by atoms with E-state index in [1.165, 1.54) is 41.8 Å². The number of ether oxygens (including phenoxy) is 1. The van der Waals surface area contributed by atoms with Gasteiger partial charge in [-0.2, -0.15) is 0 Å². The number of carbonyl (C=O) groups is 1. The Morgan fingerprint density at radius 1 is 1.28 bits per heavy atom. The summed E-state index contributed by atoms with van der Waals surface area (Å²) in [4.78, 5) is 24.6. The molecule has 0 fully saturated rings. The standard InChI is InChI=1S/C20H22N4O3S2/c1-14-22-23-20(29-14)28-13-16-10-17(25)18(27-2)11-24(16)12-19(26)21-9-8-15-6-4-3-5-7-15/h3-7,10-11H,8-9,12-13H2,1-2H3,(H,21,26). The van der Waals surface area contributed by atoms with E-state index in [9.17, 15) is 9.59 Å². The van der Waals surface area contributed by atoms with E-state index < -0.39 is 0 Å². The van der Waals surface area contributed by atoms with Gasteiger partial charge in [-0.3, -0.25) is 9.59 Å². The zero-order valence-electron chi connectivity index (χ0n) is 16.3. The number of amides is 1. The molecule has 0 saturated carbocycles. The fourth-order valence-corrected chi connectivity index (χ4v) is 4.50. The van der Waals surface area contributed by atoms with E-state index in [2.05, 4.69) is 15.5 Å². The van der Waals surface area contributed by atoms with Gasteiger partial charge in [-0.1, -0.05) is 53.4 Å². The van der Waals surface area contributed by atoms with Gasteiger partial charge < -0.3 is 14.6 Å². The summed E-state index contributed by atoms with van der Waals surface area (Å²) in [6.07, 6.45) is 2.35. The lowest BCUT2D eigenvalue weighted by atomic mass is 10.1. The van der Waals surface area contributed by atoms with Crippen LogP contribution in [0.5, 0.6) is 5.75 Å². The number of hydrogen-bond donors (Lipinski definition) is 1. The SMILES string of the molecule is COc1cn(CC(=O)NCCc2ccccc2)c(CSc2nnc(C)s2)cc1=O. The number of thioether (sulfide) groups is 1. The zero-order chi connectivity index (χ0) is 20.6. The lowest BCUT2D eigenvalue weighted by Crippen LogP contribution is -2.30. The summed E-state index contributed by atoms with van der Waals surface area (Å²) in [7, 11) is 1.44. The molecule has 3 aromatic rings. The number of pyridine rings is 1. The molecule has 0 aliphatic carbocycles. The number of benzene rings is 1. The fraction of sp³-hybridized carbons (Fsp3) is 0.300. The van der Waals surface area contributed by atoms with Crippen LogP contribution in [0.3, 0.4) is 0 Å². The maximum Gasteiger partial charge on any atom is 0.239 e. The van der Waals surface area contributed by atoms with Crippen molar-refractivity contribution in [3.05, 3.63) is 69.1 Å². The third-order valence-electron chi connectivity index (χ3n) is 4.15. The first-order valence-electron chi connectivity index (χ1n) is 9.06. The Morgan fingerprint density at radius 2 is 2.07 bits per heavy atom. The Hall–Kier alpha value is -2.65. The van der Waals surface area contributed by atoms with Gasteiger partial charge in [-0.25, -0.2) is 0 Å². The normalized spacial score (nSPS) is 10.7. The predicted molar refractivity (Wildman–Crippen MR) is 115 cm³/mol. The average molecular weight is 431 g/mol. The molecule has 1 amide bonds. The van der Waals surface area contributed by atoms with Crippen LogP contribution in [0, 0.1) is 6.92 Å². The Bertz CT molecular complexity index is 1020. The molecular formula is C20H22N4O3S2. The number of aromatic nitrogens is 3. The maximum atomic E-state index is 12.4. The molecule has 0 saturated heterocycles. The highest BCUT2D eigenvalue weighted by Gasteiger charge is 2.12. The van der Waals surface area contributed by atoms with Crippen molar-refractivity contribution in [2.24, 2.45) is 0 Å². The second-order valence-electron chi connectivity index (χ2n) is 6.29. The molecule has 152 valence electrons. The van der Waals surface area contributed by atoms with Crippen molar-refractivity contribution in [1.29, 1.82) is 0 Å². The van der Waals surface area contributed by atoms with E-state index in [1.807, 2.05) is 37.3 Å². The second-order valence-corrected chi connectivity index (χ2v) is 8.69. The molecule has 1 N–H and O–H groups in total. The van der Waals surface area contributed by atoms with Crippen LogP contribution in [0.4, 0.5) is 0 Å². The molecule has 2 aromatic heterocycles. The molecule has 29 heavy (non-hydrogen) atoms. The smallest absolute Gasteiger partial charge is 0.239 e. The lowest BCUT2D eigenvalue weighted by molar-refractivity contribution is -0.121. The fourth-order valence-electron chi connectivity index (χ4n) is 2.69. The van der Waals surface area contributed by atoms with Crippen LogP contribution in [-0.4, -0.2) is 34.3 Å². The van der Waals surface area contributed by atoms with Gasteiger partial charge in [0.15, 0.2) is 10.1 Å². The van der Waals surface area contributed by atoms with Gasteiger partial charge in [0.25, 0.3) is 0 Å². The van der Waals surface area contributed by atoms with Gasteiger partial charge in [0.1, 0.15) is 11.6 Å². The second kappa shape index (κ2) is 10.2. The number of nitrogens with zero attached hydrogens (tertiary/aromatic N) is 3. The Kier molecular flexibility index (Phi) is 7.42. The number of aryl methyl sites for hydroxylation is 1. The first-order valence-corrected chi connectivity index (χ1v) is 10.9. The highest BCUT2D eigenvalue weighted by molar-refractivity contribution is 8.00. The summed E-state index contributed by atoms with van der Waals surface area (Å²) >= 11 is 2.98. The molecule has 2 heterocycles. The molecule has 9 heteroatoms. The number of carbonyl (C=O) groups excluding carboxylic acids is 1. The number of hydrogen-bond acceptors (Lipinski definition) is 7. The maximum absolute atomic E-state index is 12.4. The number of methoxy groups -OCH3 is 1. The molecule has 3 rings (SSSR count).